The van der Waals surface area contributed by atoms with Gasteiger partial charge in [0.1, 0.15) is 6.17 Å². The Kier molecular flexibility index (Phi) is 2.12. The summed E-state index contributed by atoms with van der Waals surface area (Å²) in [4.78, 5) is 11.3. The lowest BCUT2D eigenvalue weighted by Crippen LogP contribution is -2.05. The molecule has 0 unspecified atom stereocenters. The van der Waals surface area contributed by atoms with Crippen molar-refractivity contribution in [3.05, 3.63) is 11.1 Å². The van der Waals surface area contributed by atoms with Gasteiger partial charge in [-0.1, -0.05) is 5.57 Å². The Hall–Kier alpha value is -0.660. The van der Waals surface area contributed by atoms with Crippen LogP contribution in [-0.4, -0.2) is 12.0 Å². The molecule has 0 bridgehead atoms. The van der Waals surface area contributed by atoms with Gasteiger partial charge in [-0.15, -0.1) is 0 Å². The van der Waals surface area contributed by atoms with Crippen molar-refractivity contribution in [3.8, 4) is 0 Å². The second kappa shape index (κ2) is 2.76. The van der Waals surface area contributed by atoms with Gasteiger partial charge in [-0.3, -0.25) is 4.79 Å². The Labute approximate surface area is 66.3 Å². The molecule has 2 heteroatoms. The van der Waals surface area contributed by atoms with Crippen LogP contribution in [0.2, 0.25) is 0 Å². The molecule has 1 aliphatic carbocycles. The summed E-state index contributed by atoms with van der Waals surface area (Å²) in [6.45, 7) is 5.52. The topological polar surface area (TPSA) is 17.1 Å². The Morgan fingerprint density at radius 3 is 2.09 bits per heavy atom. The maximum absolute atomic E-state index is 12.4. The first-order valence-electron chi connectivity index (χ1n) is 3.86. The highest BCUT2D eigenvalue weighted by Crippen LogP contribution is 2.36. The van der Waals surface area contributed by atoms with E-state index in [1.165, 1.54) is 0 Å². The van der Waals surface area contributed by atoms with E-state index in [-0.39, 0.29) is 11.7 Å². The Bertz CT molecular complexity index is 214. The molecule has 2 atom stereocenters. The van der Waals surface area contributed by atoms with Crippen molar-refractivity contribution in [2.45, 2.75) is 33.4 Å². The molecule has 0 aromatic carbocycles. The fourth-order valence-corrected chi connectivity index (χ4v) is 0.960. The standard InChI is InChI=1S/C9H13FO/c1-5(2)6(3)9(11)7-4-8(7)10/h7-8H,4H2,1-3H3/t7-,8+/m1/s1. The SMILES string of the molecule is CC(C)=C(C)C(=O)[C@@H]1C[C@@H]1F. The first kappa shape index (κ1) is 8.44. The average Bonchev–Trinajstić information content (AvgIpc) is 2.63. The molecule has 1 rings (SSSR count). The van der Waals surface area contributed by atoms with Crippen molar-refractivity contribution in [1.29, 1.82) is 0 Å². The minimum atomic E-state index is -0.864. The molecule has 0 N–H and O–H groups in total. The van der Waals surface area contributed by atoms with Gasteiger partial charge in [-0.2, -0.15) is 0 Å². The van der Waals surface area contributed by atoms with Crippen LogP contribution < -0.4 is 0 Å². The first-order chi connectivity index (χ1) is 5.04. The van der Waals surface area contributed by atoms with E-state index < -0.39 is 6.17 Å². The van der Waals surface area contributed by atoms with Crippen LogP contribution in [0.5, 0.6) is 0 Å². The van der Waals surface area contributed by atoms with Gasteiger partial charge in [0.15, 0.2) is 5.78 Å². The number of carbonyl (C=O) groups is 1. The maximum Gasteiger partial charge on any atom is 0.164 e. The number of ketones is 1. The summed E-state index contributed by atoms with van der Waals surface area (Å²) in [7, 11) is 0. The van der Waals surface area contributed by atoms with E-state index in [1.807, 2.05) is 13.8 Å². The van der Waals surface area contributed by atoms with E-state index >= 15 is 0 Å². The van der Waals surface area contributed by atoms with Gasteiger partial charge in [-0.25, -0.2) is 4.39 Å². The van der Waals surface area contributed by atoms with Crippen LogP contribution in [0.15, 0.2) is 11.1 Å². The predicted molar refractivity (Wildman–Crippen MR) is 42.1 cm³/mol. The van der Waals surface area contributed by atoms with Crippen molar-refractivity contribution in [3.63, 3.8) is 0 Å². The van der Waals surface area contributed by atoms with Crippen LogP contribution >= 0.6 is 0 Å². The van der Waals surface area contributed by atoms with Crippen molar-refractivity contribution in [2.24, 2.45) is 5.92 Å². The third-order valence-corrected chi connectivity index (χ3v) is 2.17. The predicted octanol–water partition coefficient (Wildman–Crippen LogP) is 2.27. The molecule has 62 valence electrons. The summed E-state index contributed by atoms with van der Waals surface area (Å²) in [5.74, 6) is -0.317. The molecule has 0 heterocycles. The molecule has 0 saturated heterocycles. The van der Waals surface area contributed by atoms with Gasteiger partial charge in [0.25, 0.3) is 0 Å². The quantitative estimate of drug-likeness (QED) is 0.560. The molecule has 0 spiro atoms. The van der Waals surface area contributed by atoms with Crippen molar-refractivity contribution < 1.29 is 9.18 Å². The van der Waals surface area contributed by atoms with Crippen LogP contribution in [0.3, 0.4) is 0 Å². The molecule has 11 heavy (non-hydrogen) atoms. The number of rotatable bonds is 2. The molecule has 0 aromatic heterocycles. The van der Waals surface area contributed by atoms with E-state index in [9.17, 15) is 9.18 Å². The largest absolute Gasteiger partial charge is 0.294 e. The highest BCUT2D eigenvalue weighted by atomic mass is 19.1. The first-order valence-corrected chi connectivity index (χ1v) is 3.86. The summed E-state index contributed by atoms with van der Waals surface area (Å²) < 4.78 is 12.4. The van der Waals surface area contributed by atoms with Gasteiger partial charge in [0, 0.05) is 0 Å². The van der Waals surface area contributed by atoms with E-state index in [2.05, 4.69) is 0 Å². The number of alkyl halides is 1. The number of Topliss-reactive ketones (excluding diaryl/α,β-unsaturated/α-hetero) is 1. The minimum Gasteiger partial charge on any atom is -0.294 e. The molecule has 0 radical (unpaired) electrons. The molecule has 1 fully saturated rings. The second-order valence-corrected chi connectivity index (χ2v) is 3.35. The third-order valence-electron chi connectivity index (χ3n) is 2.17. The Morgan fingerprint density at radius 1 is 1.36 bits per heavy atom. The van der Waals surface area contributed by atoms with Gasteiger partial charge >= 0.3 is 0 Å². The minimum absolute atomic E-state index is 0.00231. The van der Waals surface area contributed by atoms with Crippen LogP contribution in [0.4, 0.5) is 4.39 Å². The number of hydrogen-bond donors (Lipinski definition) is 0. The molecule has 0 amide bonds. The van der Waals surface area contributed by atoms with Crippen LogP contribution in [0.25, 0.3) is 0 Å². The third kappa shape index (κ3) is 1.67. The zero-order valence-electron chi connectivity index (χ0n) is 7.15. The smallest absolute Gasteiger partial charge is 0.164 e. The van der Waals surface area contributed by atoms with Crippen molar-refractivity contribution >= 4 is 5.78 Å². The highest BCUT2D eigenvalue weighted by molar-refractivity contribution is 5.99. The zero-order valence-corrected chi connectivity index (χ0v) is 7.15. The van der Waals surface area contributed by atoms with Crippen molar-refractivity contribution in [2.75, 3.05) is 0 Å². The van der Waals surface area contributed by atoms with Gasteiger partial charge in [0.05, 0.1) is 5.92 Å². The molecule has 0 aliphatic heterocycles. The maximum atomic E-state index is 12.4. The second-order valence-electron chi connectivity index (χ2n) is 3.35. The van der Waals surface area contributed by atoms with Crippen LogP contribution in [0, 0.1) is 5.92 Å². The van der Waals surface area contributed by atoms with E-state index in [0.29, 0.717) is 6.42 Å². The fourth-order valence-electron chi connectivity index (χ4n) is 0.960. The molecular weight excluding hydrogens is 143 g/mol. The highest BCUT2D eigenvalue weighted by Gasteiger charge is 2.43. The lowest BCUT2D eigenvalue weighted by atomic mass is 10.1. The van der Waals surface area contributed by atoms with Gasteiger partial charge in [0.2, 0.25) is 0 Å². The molecular formula is C9H13FO. The summed E-state index contributed by atoms with van der Waals surface area (Å²) in [5, 5.41) is 0. The molecule has 0 aromatic rings. The molecule has 1 saturated carbocycles. The number of halogens is 1. The number of carbonyl (C=O) groups excluding carboxylic acids is 1. The lowest BCUT2D eigenvalue weighted by molar-refractivity contribution is -0.117. The van der Waals surface area contributed by atoms with Gasteiger partial charge in [-0.05, 0) is 32.8 Å². The zero-order chi connectivity index (χ0) is 8.59. The monoisotopic (exact) mass is 156 g/mol. The fraction of sp³-hybridized carbons (Fsp3) is 0.667. The Morgan fingerprint density at radius 2 is 1.82 bits per heavy atom. The van der Waals surface area contributed by atoms with E-state index in [4.69, 9.17) is 0 Å². The van der Waals surface area contributed by atoms with E-state index in [1.54, 1.807) is 6.92 Å². The van der Waals surface area contributed by atoms with Crippen LogP contribution in [0.1, 0.15) is 27.2 Å². The summed E-state index contributed by atoms with van der Waals surface area (Å²) in [6.07, 6.45) is -0.430. The number of allylic oxidation sites excluding steroid dienone is 2. The summed E-state index contributed by atoms with van der Waals surface area (Å²) >= 11 is 0. The molecule has 1 nitrogen and oxygen atoms in total. The normalized spacial score (nSPS) is 28.0. The van der Waals surface area contributed by atoms with Crippen LogP contribution in [-0.2, 0) is 4.79 Å². The van der Waals surface area contributed by atoms with Crippen molar-refractivity contribution in [1.82, 2.24) is 0 Å². The Balaban J connectivity index is 2.63. The number of hydrogen-bond acceptors (Lipinski definition) is 1. The molecule has 1 aliphatic rings. The average molecular weight is 156 g/mol. The van der Waals surface area contributed by atoms with Gasteiger partial charge < -0.3 is 0 Å². The van der Waals surface area contributed by atoms with E-state index in [0.717, 1.165) is 11.1 Å². The summed E-state index contributed by atoms with van der Waals surface area (Å²) in [5.41, 5.74) is 1.73. The lowest BCUT2D eigenvalue weighted by Gasteiger charge is -1.99. The summed E-state index contributed by atoms with van der Waals surface area (Å²) in [6, 6.07) is 0.